The molecule has 0 bridgehead atoms. The molecule has 0 aliphatic carbocycles. The summed E-state index contributed by atoms with van der Waals surface area (Å²) in [6, 6.07) is 17.6. The molecule has 136 valence electrons. The lowest BCUT2D eigenvalue weighted by Crippen LogP contribution is -2.28. The van der Waals surface area contributed by atoms with Gasteiger partial charge in [0.05, 0.1) is 18.4 Å². The SMILES string of the molecule is COc1ccc(C)cc1Nc1ccc(C(=O)N2CCc3ccccc32)cn1. The molecule has 0 radical (unpaired) electrons. The van der Waals surface area contributed by atoms with Crippen molar-refractivity contribution in [2.45, 2.75) is 13.3 Å². The Morgan fingerprint density at radius 1 is 1.15 bits per heavy atom. The average molecular weight is 359 g/mol. The molecule has 27 heavy (non-hydrogen) atoms. The Labute approximate surface area is 158 Å². The van der Waals surface area contributed by atoms with Gasteiger partial charge < -0.3 is 15.0 Å². The average Bonchev–Trinajstić information content (AvgIpc) is 3.12. The van der Waals surface area contributed by atoms with Crippen molar-refractivity contribution < 1.29 is 9.53 Å². The van der Waals surface area contributed by atoms with Crippen LogP contribution in [0.5, 0.6) is 5.75 Å². The van der Waals surface area contributed by atoms with Gasteiger partial charge in [-0.1, -0.05) is 24.3 Å². The van der Waals surface area contributed by atoms with Crippen molar-refractivity contribution in [1.82, 2.24) is 4.98 Å². The third-order valence-electron chi connectivity index (χ3n) is 4.76. The van der Waals surface area contributed by atoms with Crippen LogP contribution in [0.3, 0.4) is 0 Å². The highest BCUT2D eigenvalue weighted by Crippen LogP contribution is 2.30. The van der Waals surface area contributed by atoms with Gasteiger partial charge in [-0.05, 0) is 54.8 Å². The Balaban J connectivity index is 1.53. The molecule has 5 nitrogen and oxygen atoms in total. The fraction of sp³-hybridized carbons (Fsp3) is 0.182. The van der Waals surface area contributed by atoms with Crippen molar-refractivity contribution in [2.75, 3.05) is 23.9 Å². The quantitative estimate of drug-likeness (QED) is 0.753. The van der Waals surface area contributed by atoms with Crippen molar-refractivity contribution in [1.29, 1.82) is 0 Å². The van der Waals surface area contributed by atoms with Gasteiger partial charge in [0.15, 0.2) is 0 Å². The van der Waals surface area contributed by atoms with Crippen molar-refractivity contribution in [3.63, 3.8) is 0 Å². The highest BCUT2D eigenvalue weighted by Gasteiger charge is 2.25. The Morgan fingerprint density at radius 3 is 2.78 bits per heavy atom. The molecule has 3 aromatic rings. The Bertz CT molecular complexity index is 983. The molecule has 2 heterocycles. The number of anilines is 3. The molecule has 0 unspecified atom stereocenters. The molecule has 4 rings (SSSR count). The van der Waals surface area contributed by atoms with E-state index in [1.165, 1.54) is 5.56 Å². The van der Waals surface area contributed by atoms with Crippen molar-refractivity contribution in [2.24, 2.45) is 0 Å². The molecule has 0 atom stereocenters. The molecule has 1 aromatic heterocycles. The predicted octanol–water partition coefficient (Wildman–Crippen LogP) is 4.35. The van der Waals surface area contributed by atoms with Crippen LogP contribution in [-0.4, -0.2) is 24.5 Å². The van der Waals surface area contributed by atoms with E-state index in [-0.39, 0.29) is 5.91 Å². The molecular formula is C22H21N3O2. The number of hydrogen-bond acceptors (Lipinski definition) is 4. The molecular weight excluding hydrogens is 338 g/mol. The van der Waals surface area contributed by atoms with Crippen LogP contribution < -0.4 is 15.0 Å². The van der Waals surface area contributed by atoms with E-state index in [2.05, 4.69) is 16.4 Å². The zero-order valence-electron chi connectivity index (χ0n) is 15.4. The van der Waals surface area contributed by atoms with Gasteiger partial charge in [0.1, 0.15) is 11.6 Å². The summed E-state index contributed by atoms with van der Waals surface area (Å²) in [5, 5.41) is 3.25. The highest BCUT2D eigenvalue weighted by molar-refractivity contribution is 6.07. The second-order valence-corrected chi connectivity index (χ2v) is 6.60. The van der Waals surface area contributed by atoms with Crippen molar-refractivity contribution in [3.8, 4) is 5.75 Å². The van der Waals surface area contributed by atoms with Crippen molar-refractivity contribution in [3.05, 3.63) is 77.5 Å². The number of pyridine rings is 1. The Morgan fingerprint density at radius 2 is 2.00 bits per heavy atom. The monoisotopic (exact) mass is 359 g/mol. The van der Waals surface area contributed by atoms with Gasteiger partial charge in [0, 0.05) is 18.4 Å². The minimum Gasteiger partial charge on any atom is -0.495 e. The van der Waals surface area contributed by atoms with E-state index in [4.69, 9.17) is 4.74 Å². The molecule has 2 aromatic carbocycles. The molecule has 0 saturated heterocycles. The molecule has 1 aliphatic heterocycles. The second-order valence-electron chi connectivity index (χ2n) is 6.60. The van der Waals surface area contributed by atoms with E-state index in [1.54, 1.807) is 19.4 Å². The lowest BCUT2D eigenvalue weighted by Gasteiger charge is -2.17. The summed E-state index contributed by atoms with van der Waals surface area (Å²) in [5.41, 5.74) is 4.75. The van der Waals surface area contributed by atoms with Crippen LogP contribution in [0.4, 0.5) is 17.2 Å². The molecule has 1 amide bonds. The maximum absolute atomic E-state index is 12.9. The van der Waals surface area contributed by atoms with Gasteiger partial charge in [0.25, 0.3) is 5.91 Å². The number of hydrogen-bond donors (Lipinski definition) is 1. The van der Waals surface area contributed by atoms with E-state index < -0.39 is 0 Å². The molecule has 1 N–H and O–H groups in total. The number of carbonyl (C=O) groups is 1. The van der Waals surface area contributed by atoms with Crippen LogP contribution in [0.2, 0.25) is 0 Å². The summed E-state index contributed by atoms with van der Waals surface area (Å²) in [6.07, 6.45) is 2.51. The normalized spacial score (nSPS) is 12.6. The van der Waals surface area contributed by atoms with Crippen LogP contribution in [-0.2, 0) is 6.42 Å². The number of fused-ring (bicyclic) bond motifs is 1. The highest BCUT2D eigenvalue weighted by atomic mass is 16.5. The first-order chi connectivity index (χ1) is 13.2. The van der Waals surface area contributed by atoms with Crippen LogP contribution in [0.25, 0.3) is 0 Å². The lowest BCUT2D eigenvalue weighted by molar-refractivity contribution is 0.0989. The van der Waals surface area contributed by atoms with Crippen LogP contribution in [0, 0.1) is 6.92 Å². The van der Waals surface area contributed by atoms with Gasteiger partial charge in [-0.25, -0.2) is 4.98 Å². The minimum atomic E-state index is -0.0212. The maximum Gasteiger partial charge on any atom is 0.259 e. The topological polar surface area (TPSA) is 54.5 Å². The first-order valence-electron chi connectivity index (χ1n) is 8.93. The fourth-order valence-corrected chi connectivity index (χ4v) is 3.36. The number of rotatable bonds is 4. The number of benzene rings is 2. The number of aromatic nitrogens is 1. The lowest BCUT2D eigenvalue weighted by atomic mass is 10.2. The third-order valence-corrected chi connectivity index (χ3v) is 4.76. The number of carbonyl (C=O) groups excluding carboxylic acids is 1. The number of ether oxygens (including phenoxy) is 1. The van der Waals surface area contributed by atoms with Gasteiger partial charge in [0.2, 0.25) is 0 Å². The summed E-state index contributed by atoms with van der Waals surface area (Å²) in [4.78, 5) is 19.1. The predicted molar refractivity (Wildman–Crippen MR) is 107 cm³/mol. The number of nitrogens with zero attached hydrogens (tertiary/aromatic N) is 2. The fourth-order valence-electron chi connectivity index (χ4n) is 3.36. The summed E-state index contributed by atoms with van der Waals surface area (Å²) in [5.74, 6) is 1.39. The number of methoxy groups -OCH3 is 1. The van der Waals surface area contributed by atoms with E-state index in [0.29, 0.717) is 17.9 Å². The largest absolute Gasteiger partial charge is 0.495 e. The summed E-state index contributed by atoms with van der Waals surface area (Å²) >= 11 is 0. The summed E-state index contributed by atoms with van der Waals surface area (Å²) in [6.45, 7) is 2.73. The van der Waals surface area contributed by atoms with E-state index in [1.807, 2.05) is 54.3 Å². The number of nitrogens with one attached hydrogen (secondary N) is 1. The summed E-state index contributed by atoms with van der Waals surface area (Å²) < 4.78 is 5.38. The summed E-state index contributed by atoms with van der Waals surface area (Å²) in [7, 11) is 1.64. The Kier molecular flexibility index (Phi) is 4.50. The smallest absolute Gasteiger partial charge is 0.259 e. The van der Waals surface area contributed by atoms with E-state index in [0.717, 1.165) is 29.1 Å². The number of aryl methyl sites for hydroxylation is 1. The van der Waals surface area contributed by atoms with Gasteiger partial charge >= 0.3 is 0 Å². The standard InChI is InChI=1S/C22H21N3O2/c1-15-7-9-20(27-2)18(13-15)24-21-10-8-17(14-23-21)22(26)25-12-11-16-5-3-4-6-19(16)25/h3-10,13-14H,11-12H2,1-2H3,(H,23,24). The molecule has 0 spiro atoms. The van der Waals surface area contributed by atoms with Gasteiger partial charge in [-0.2, -0.15) is 0 Å². The van der Waals surface area contributed by atoms with E-state index >= 15 is 0 Å². The van der Waals surface area contributed by atoms with Crippen LogP contribution in [0.1, 0.15) is 21.5 Å². The molecule has 1 aliphatic rings. The zero-order valence-corrected chi connectivity index (χ0v) is 15.4. The van der Waals surface area contributed by atoms with Crippen molar-refractivity contribution >= 4 is 23.1 Å². The Hall–Kier alpha value is -3.34. The van der Waals surface area contributed by atoms with E-state index in [9.17, 15) is 4.79 Å². The number of amides is 1. The first kappa shape index (κ1) is 17.1. The first-order valence-corrected chi connectivity index (χ1v) is 8.93. The molecule has 0 saturated carbocycles. The van der Waals surface area contributed by atoms with Crippen LogP contribution in [0.15, 0.2) is 60.8 Å². The molecule has 0 fully saturated rings. The second kappa shape index (κ2) is 7.11. The van der Waals surface area contributed by atoms with Gasteiger partial charge in [-0.15, -0.1) is 0 Å². The molecule has 5 heteroatoms. The van der Waals surface area contributed by atoms with Crippen LogP contribution >= 0.6 is 0 Å². The number of para-hydroxylation sites is 1. The zero-order chi connectivity index (χ0) is 18.8. The third kappa shape index (κ3) is 3.36. The minimum absolute atomic E-state index is 0.0212. The van der Waals surface area contributed by atoms with Gasteiger partial charge in [-0.3, -0.25) is 4.79 Å². The maximum atomic E-state index is 12.9.